The van der Waals surface area contributed by atoms with Crippen LogP contribution in [0.5, 0.6) is 11.5 Å². The van der Waals surface area contributed by atoms with Crippen molar-refractivity contribution in [1.82, 2.24) is 9.97 Å². The molecule has 1 aromatic carbocycles. The van der Waals surface area contributed by atoms with E-state index in [1.165, 1.54) is 0 Å². The lowest BCUT2D eigenvalue weighted by Gasteiger charge is -2.43. The Labute approximate surface area is 279 Å². The number of aliphatic hydroxyl groups is 3. The number of phenolic OH excluding ortho intramolecular Hbond substituents is 1. The number of aromatic nitrogens is 2. The van der Waals surface area contributed by atoms with Crippen LogP contribution in [0.3, 0.4) is 0 Å². The zero-order chi connectivity index (χ0) is 33.2. The summed E-state index contributed by atoms with van der Waals surface area (Å²) >= 11 is 0. The standard InChI is InChI=1S/C39H52N3O5/c1-2-27-9-3-4-12-33(44)31(11-7-10-27)34(45)16-14-28-15-17-35(46)36(23-28)47-30(26-43)25-32(29-18-22-42-38(40)24-29)39(19-5-6-20-39)37-13-8-21-41-37/h8,13,15,17-18,21-24,27,30-34,43-46H,2-6,9,11-12,14,16,19-20,25-26H2,1H3,(H2,40,42)/q-1. The van der Waals surface area contributed by atoms with Gasteiger partial charge in [0.05, 0.1) is 18.8 Å². The molecule has 1 saturated carbocycles. The molecule has 1 fully saturated rings. The third-order valence-electron chi connectivity index (χ3n) is 10.6. The summed E-state index contributed by atoms with van der Waals surface area (Å²) in [6, 6.07) is 13.2. The second-order valence-electron chi connectivity index (χ2n) is 13.7. The van der Waals surface area contributed by atoms with Crippen molar-refractivity contribution in [2.75, 3.05) is 12.3 Å². The van der Waals surface area contributed by atoms with Gasteiger partial charge in [0, 0.05) is 24.5 Å². The van der Waals surface area contributed by atoms with E-state index >= 15 is 0 Å². The molecule has 6 atom stereocenters. The molecular formula is C39H52N3O5-. The molecule has 47 heavy (non-hydrogen) atoms. The number of rotatable bonds is 13. The van der Waals surface area contributed by atoms with Crippen LogP contribution in [0.1, 0.15) is 107 Å². The molecule has 0 aliphatic heterocycles. The van der Waals surface area contributed by atoms with Gasteiger partial charge in [-0.2, -0.15) is 11.9 Å². The molecule has 3 aromatic rings. The Hall–Kier alpha value is -3.51. The van der Waals surface area contributed by atoms with E-state index in [4.69, 9.17) is 15.5 Å². The minimum atomic E-state index is -0.705. The van der Waals surface area contributed by atoms with Crippen molar-refractivity contribution < 1.29 is 25.2 Å². The summed E-state index contributed by atoms with van der Waals surface area (Å²) in [4.78, 5) is 8.97. The number of pyridine rings is 1. The molecule has 0 saturated heterocycles. The highest BCUT2D eigenvalue weighted by Crippen LogP contribution is 2.52. The van der Waals surface area contributed by atoms with Gasteiger partial charge in [-0.15, -0.1) is 5.92 Å². The van der Waals surface area contributed by atoms with E-state index in [0.29, 0.717) is 49.6 Å². The topological polar surface area (TPSA) is 143 Å². The van der Waals surface area contributed by atoms with Gasteiger partial charge in [-0.3, -0.25) is 0 Å². The van der Waals surface area contributed by atoms with E-state index in [0.717, 1.165) is 68.2 Å². The van der Waals surface area contributed by atoms with Gasteiger partial charge in [-0.1, -0.05) is 56.7 Å². The SMILES string of the molecule is CCC1C#CCC(C(O)CCc2ccc(O)c(OC(CO)CC(c3ccnc(N)c3)C3(c4ccc[n-]4)CCCC3)c2)C(O)CCCC1. The Kier molecular flexibility index (Phi) is 12.3. The van der Waals surface area contributed by atoms with Gasteiger partial charge in [-0.25, -0.2) is 4.98 Å². The van der Waals surface area contributed by atoms with E-state index in [9.17, 15) is 20.4 Å². The minimum absolute atomic E-state index is 0.00533. The lowest BCUT2D eigenvalue weighted by molar-refractivity contribution is 0.00559. The maximum absolute atomic E-state index is 11.2. The monoisotopic (exact) mass is 642 g/mol. The average molecular weight is 643 g/mol. The number of aryl methyl sites for hydroxylation is 1. The fourth-order valence-electron chi connectivity index (χ4n) is 7.87. The van der Waals surface area contributed by atoms with Crippen LogP contribution in [0.2, 0.25) is 0 Å². The molecule has 6 unspecified atom stereocenters. The molecule has 0 amide bonds. The average Bonchev–Trinajstić information content (AvgIpc) is 3.80. The van der Waals surface area contributed by atoms with Gasteiger partial charge < -0.3 is 35.9 Å². The maximum Gasteiger partial charge on any atom is 0.161 e. The number of nitrogen functional groups attached to an aromatic ring is 1. The summed E-state index contributed by atoms with van der Waals surface area (Å²) < 4.78 is 6.37. The molecule has 5 rings (SSSR count). The smallest absolute Gasteiger partial charge is 0.161 e. The predicted molar refractivity (Wildman–Crippen MR) is 184 cm³/mol. The Morgan fingerprint density at radius 3 is 2.64 bits per heavy atom. The van der Waals surface area contributed by atoms with Crippen LogP contribution in [0.15, 0.2) is 54.9 Å². The summed E-state index contributed by atoms with van der Waals surface area (Å²) in [6.45, 7) is 1.93. The van der Waals surface area contributed by atoms with Crippen LogP contribution in [0.4, 0.5) is 5.82 Å². The number of ether oxygens (including phenoxy) is 1. The van der Waals surface area contributed by atoms with Crippen molar-refractivity contribution in [1.29, 1.82) is 0 Å². The number of benzene rings is 1. The van der Waals surface area contributed by atoms with Crippen LogP contribution in [-0.2, 0) is 11.8 Å². The zero-order valence-electron chi connectivity index (χ0n) is 27.7. The third-order valence-corrected chi connectivity index (χ3v) is 10.6. The second kappa shape index (κ2) is 16.5. The van der Waals surface area contributed by atoms with Crippen LogP contribution < -0.4 is 15.5 Å². The van der Waals surface area contributed by atoms with Crippen molar-refractivity contribution in [3.63, 3.8) is 0 Å². The molecule has 8 heteroatoms. The fraction of sp³-hybridized carbons (Fsp3) is 0.564. The number of hydrogen-bond acceptors (Lipinski definition) is 7. The molecule has 6 N–H and O–H groups in total. The largest absolute Gasteiger partial charge is 0.667 e. The number of hydrogen-bond donors (Lipinski definition) is 5. The quantitative estimate of drug-likeness (QED) is 0.143. The highest BCUT2D eigenvalue weighted by molar-refractivity contribution is 5.42. The predicted octanol–water partition coefficient (Wildman–Crippen LogP) is 6.02. The molecule has 0 radical (unpaired) electrons. The second-order valence-corrected chi connectivity index (χ2v) is 13.7. The molecule has 2 aromatic heterocycles. The molecule has 8 nitrogen and oxygen atoms in total. The van der Waals surface area contributed by atoms with Gasteiger partial charge in [-0.05, 0) is 98.1 Å². The Morgan fingerprint density at radius 1 is 1.11 bits per heavy atom. The van der Waals surface area contributed by atoms with Crippen molar-refractivity contribution in [2.45, 2.75) is 120 Å². The lowest BCUT2D eigenvalue weighted by Crippen LogP contribution is -2.36. The first-order chi connectivity index (χ1) is 22.8. The molecule has 0 spiro atoms. The van der Waals surface area contributed by atoms with Crippen LogP contribution in [0, 0.1) is 23.7 Å². The van der Waals surface area contributed by atoms with Gasteiger partial charge in [0.15, 0.2) is 11.5 Å². The number of aliphatic hydroxyl groups excluding tert-OH is 3. The van der Waals surface area contributed by atoms with Crippen molar-refractivity contribution in [2.24, 2.45) is 11.8 Å². The summed E-state index contributed by atoms with van der Waals surface area (Å²) in [5.41, 5.74) is 8.90. The Balaban J connectivity index is 1.31. The van der Waals surface area contributed by atoms with Gasteiger partial charge in [0.1, 0.15) is 11.9 Å². The van der Waals surface area contributed by atoms with E-state index in [1.54, 1.807) is 18.3 Å². The highest BCUT2D eigenvalue weighted by Gasteiger charge is 2.42. The first-order valence-corrected chi connectivity index (χ1v) is 17.6. The first kappa shape index (κ1) is 34.8. The number of anilines is 1. The molecule has 0 bridgehead atoms. The molecule has 254 valence electrons. The van der Waals surface area contributed by atoms with Crippen molar-refractivity contribution in [3.05, 3.63) is 71.7 Å². The van der Waals surface area contributed by atoms with E-state index in [2.05, 4.69) is 29.8 Å². The summed E-state index contributed by atoms with van der Waals surface area (Å²) in [6.07, 6.45) is 12.5. The zero-order valence-corrected chi connectivity index (χ0v) is 27.7. The third kappa shape index (κ3) is 8.70. The highest BCUT2D eigenvalue weighted by atomic mass is 16.5. The molecule has 2 aliphatic rings. The molecular weight excluding hydrogens is 590 g/mol. The minimum Gasteiger partial charge on any atom is -0.667 e. The number of phenols is 1. The van der Waals surface area contributed by atoms with Crippen LogP contribution in [-0.4, -0.2) is 50.3 Å². The Morgan fingerprint density at radius 2 is 1.91 bits per heavy atom. The number of nitrogens with zero attached hydrogens (tertiary/aromatic N) is 2. The first-order valence-electron chi connectivity index (χ1n) is 17.6. The summed E-state index contributed by atoms with van der Waals surface area (Å²) in [5, 5.41) is 43.5. The van der Waals surface area contributed by atoms with E-state index in [1.807, 2.05) is 30.5 Å². The van der Waals surface area contributed by atoms with Crippen molar-refractivity contribution >= 4 is 5.82 Å². The van der Waals surface area contributed by atoms with Gasteiger partial charge >= 0.3 is 0 Å². The van der Waals surface area contributed by atoms with Crippen LogP contribution >= 0.6 is 0 Å². The Bertz CT molecular complexity index is 1460. The van der Waals surface area contributed by atoms with Gasteiger partial charge in [0.2, 0.25) is 0 Å². The fourth-order valence-corrected chi connectivity index (χ4v) is 7.87. The summed E-state index contributed by atoms with van der Waals surface area (Å²) in [5.74, 6) is 7.40. The number of nitrogens with two attached hydrogens (primary N) is 1. The number of aromatic hydroxyl groups is 1. The molecule has 2 heterocycles. The normalized spacial score (nSPS) is 23.3. The lowest BCUT2D eigenvalue weighted by atomic mass is 9.66. The van der Waals surface area contributed by atoms with Crippen molar-refractivity contribution in [3.8, 4) is 23.3 Å². The molecule has 2 aliphatic carbocycles. The van der Waals surface area contributed by atoms with E-state index < -0.39 is 18.3 Å². The van der Waals surface area contributed by atoms with Gasteiger partial charge in [0.25, 0.3) is 0 Å². The van der Waals surface area contributed by atoms with Crippen LogP contribution in [0.25, 0.3) is 0 Å². The van der Waals surface area contributed by atoms with E-state index in [-0.39, 0.29) is 29.6 Å². The maximum atomic E-state index is 11.2. The summed E-state index contributed by atoms with van der Waals surface area (Å²) in [7, 11) is 0.